The second kappa shape index (κ2) is 4.97. The van der Waals surface area contributed by atoms with Crippen molar-refractivity contribution < 1.29 is 18.3 Å². The van der Waals surface area contributed by atoms with Crippen LogP contribution in [-0.4, -0.2) is 20.3 Å². The fraction of sp³-hybridized carbons (Fsp3) is 0.667. The molecule has 4 nitrogen and oxygen atoms in total. The van der Waals surface area contributed by atoms with Crippen molar-refractivity contribution in [1.29, 1.82) is 0 Å². The van der Waals surface area contributed by atoms with Gasteiger partial charge in [-0.05, 0) is 30.9 Å². The Morgan fingerprint density at radius 3 is 2.76 bits per heavy atom. The van der Waals surface area contributed by atoms with Gasteiger partial charge in [-0.1, -0.05) is 13.0 Å². The van der Waals surface area contributed by atoms with Crippen molar-refractivity contribution in [2.45, 2.75) is 25.9 Å². The molecule has 2 aliphatic rings. The number of fused-ring (bicyclic) bond motifs is 1. The van der Waals surface area contributed by atoms with Crippen molar-refractivity contribution in [3.05, 3.63) is 23.7 Å². The molecular weight excluding hydrogens is 239 g/mol. The van der Waals surface area contributed by atoms with Crippen molar-refractivity contribution in [1.82, 2.24) is 0 Å². The van der Waals surface area contributed by atoms with Crippen LogP contribution in [0.1, 0.15) is 19.8 Å². The van der Waals surface area contributed by atoms with Gasteiger partial charge in [-0.25, -0.2) is 0 Å². The van der Waals surface area contributed by atoms with E-state index < -0.39 is 7.60 Å². The predicted molar refractivity (Wildman–Crippen MR) is 65.6 cm³/mol. The first-order chi connectivity index (χ1) is 8.10. The molecule has 0 amide bonds. The molecular formula is C12H19O4P. The first-order valence-electron chi connectivity index (χ1n) is 5.88. The van der Waals surface area contributed by atoms with Crippen molar-refractivity contribution in [2.75, 3.05) is 14.2 Å². The maximum Gasteiger partial charge on any atom is 0.394 e. The Morgan fingerprint density at radius 1 is 1.41 bits per heavy atom. The standard InChI is InChI=1S/C12H19O4P/c1-9-8-12(17(13,14-2)15-3)16-11-7-5-4-6-10(9)11/h5,7-11H,4,6H2,1-3H3/t9-,10-,11+/m0/s1. The van der Waals surface area contributed by atoms with Gasteiger partial charge in [0.2, 0.25) is 5.50 Å². The summed E-state index contributed by atoms with van der Waals surface area (Å²) in [5.74, 6) is 0.790. The van der Waals surface area contributed by atoms with E-state index in [9.17, 15) is 4.57 Å². The smallest absolute Gasteiger partial charge is 0.394 e. The van der Waals surface area contributed by atoms with Gasteiger partial charge < -0.3 is 13.8 Å². The zero-order valence-electron chi connectivity index (χ0n) is 10.5. The third kappa shape index (κ3) is 2.35. The molecule has 0 aromatic carbocycles. The highest BCUT2D eigenvalue weighted by Gasteiger charge is 2.39. The molecule has 17 heavy (non-hydrogen) atoms. The van der Waals surface area contributed by atoms with Crippen molar-refractivity contribution in [2.24, 2.45) is 11.8 Å². The number of allylic oxidation sites excluding steroid dienone is 2. The van der Waals surface area contributed by atoms with Crippen LogP contribution in [0.3, 0.4) is 0 Å². The summed E-state index contributed by atoms with van der Waals surface area (Å²) in [7, 11) is -0.499. The Balaban J connectivity index is 2.27. The van der Waals surface area contributed by atoms with E-state index in [4.69, 9.17) is 13.8 Å². The minimum Gasteiger partial charge on any atom is -0.478 e. The van der Waals surface area contributed by atoms with Crippen LogP contribution in [0.4, 0.5) is 0 Å². The lowest BCUT2D eigenvalue weighted by atomic mass is 9.81. The molecule has 5 heteroatoms. The van der Waals surface area contributed by atoms with Crippen LogP contribution in [0.15, 0.2) is 23.7 Å². The Bertz CT molecular complexity index is 380. The zero-order chi connectivity index (χ0) is 12.5. The second-order valence-corrected chi connectivity index (χ2v) is 6.64. The molecule has 0 N–H and O–H groups in total. The van der Waals surface area contributed by atoms with Crippen LogP contribution >= 0.6 is 7.60 Å². The maximum absolute atomic E-state index is 12.3. The molecule has 0 aromatic rings. The first-order valence-corrected chi connectivity index (χ1v) is 7.42. The lowest BCUT2D eigenvalue weighted by Gasteiger charge is -2.37. The summed E-state index contributed by atoms with van der Waals surface area (Å²) >= 11 is 0. The quantitative estimate of drug-likeness (QED) is 0.575. The highest BCUT2D eigenvalue weighted by molar-refractivity contribution is 7.58. The summed E-state index contributed by atoms with van der Waals surface area (Å²) in [4.78, 5) is 0. The topological polar surface area (TPSA) is 44.8 Å². The maximum atomic E-state index is 12.3. The first kappa shape index (κ1) is 12.9. The highest BCUT2D eigenvalue weighted by atomic mass is 31.2. The molecule has 0 aromatic heterocycles. The Morgan fingerprint density at radius 2 is 2.12 bits per heavy atom. The van der Waals surface area contributed by atoms with Crippen molar-refractivity contribution in [3.8, 4) is 0 Å². The van der Waals surface area contributed by atoms with Gasteiger partial charge in [0.25, 0.3) is 0 Å². The molecule has 0 spiro atoms. The van der Waals surface area contributed by atoms with E-state index in [1.807, 2.05) is 12.2 Å². The molecule has 96 valence electrons. The van der Waals surface area contributed by atoms with Gasteiger partial charge in [-0.3, -0.25) is 4.57 Å². The summed E-state index contributed by atoms with van der Waals surface area (Å²) in [5, 5.41) is 0. The summed E-state index contributed by atoms with van der Waals surface area (Å²) < 4.78 is 28.0. The van der Waals surface area contributed by atoms with E-state index in [2.05, 4.69) is 13.0 Å². The van der Waals surface area contributed by atoms with Gasteiger partial charge in [-0.15, -0.1) is 0 Å². The minimum absolute atomic E-state index is 0.00243. The summed E-state index contributed by atoms with van der Waals surface area (Å²) in [6, 6.07) is 0. The third-order valence-electron chi connectivity index (χ3n) is 3.50. The Kier molecular flexibility index (Phi) is 3.76. The molecule has 1 heterocycles. The molecule has 2 rings (SSSR count). The SMILES string of the molecule is COP(=O)(OC)C1=C[C@H](C)[C@@H]2CCC=C[C@H]2O1. The van der Waals surface area contributed by atoms with Gasteiger partial charge in [0.1, 0.15) is 6.10 Å². The molecule has 0 unspecified atom stereocenters. The molecule has 3 atom stereocenters. The number of rotatable bonds is 3. The number of hydrogen-bond donors (Lipinski definition) is 0. The lowest BCUT2D eigenvalue weighted by molar-refractivity contribution is 0.0597. The highest BCUT2D eigenvalue weighted by Crippen LogP contribution is 2.58. The summed E-state index contributed by atoms with van der Waals surface area (Å²) in [6.45, 7) is 2.12. The molecule has 0 radical (unpaired) electrons. The molecule has 0 bridgehead atoms. The van der Waals surface area contributed by atoms with Gasteiger partial charge in [0.15, 0.2) is 0 Å². The largest absolute Gasteiger partial charge is 0.478 e. The van der Waals surface area contributed by atoms with Crippen LogP contribution in [0, 0.1) is 11.8 Å². The summed E-state index contributed by atoms with van der Waals surface area (Å²) in [6.07, 6.45) is 8.24. The minimum atomic E-state index is -3.25. The molecule has 0 saturated heterocycles. The fourth-order valence-corrected chi connectivity index (χ4v) is 3.63. The second-order valence-electron chi connectivity index (χ2n) is 4.48. The van der Waals surface area contributed by atoms with Crippen molar-refractivity contribution >= 4 is 7.60 Å². The normalized spacial score (nSPS) is 32.6. The predicted octanol–water partition coefficient (Wildman–Crippen LogP) is 3.31. The van der Waals surface area contributed by atoms with Crippen LogP contribution in [0.5, 0.6) is 0 Å². The molecule has 0 fully saturated rings. The van der Waals surface area contributed by atoms with E-state index in [1.165, 1.54) is 14.2 Å². The van der Waals surface area contributed by atoms with Crippen molar-refractivity contribution in [3.63, 3.8) is 0 Å². The lowest BCUT2D eigenvalue weighted by Crippen LogP contribution is -2.32. The Hall–Kier alpha value is -0.570. The monoisotopic (exact) mass is 258 g/mol. The van der Waals surface area contributed by atoms with Crippen LogP contribution in [0.2, 0.25) is 0 Å². The molecule has 1 aliphatic heterocycles. The van der Waals surface area contributed by atoms with E-state index >= 15 is 0 Å². The van der Waals surface area contributed by atoms with Gasteiger partial charge in [0, 0.05) is 20.1 Å². The average Bonchev–Trinajstić information content (AvgIpc) is 2.38. The van der Waals surface area contributed by atoms with E-state index in [0.717, 1.165) is 12.8 Å². The van der Waals surface area contributed by atoms with E-state index in [-0.39, 0.29) is 6.10 Å². The van der Waals surface area contributed by atoms with Crippen LogP contribution in [-0.2, 0) is 18.3 Å². The zero-order valence-corrected chi connectivity index (χ0v) is 11.4. The summed E-state index contributed by atoms with van der Waals surface area (Å²) in [5.41, 5.74) is 0.350. The van der Waals surface area contributed by atoms with Crippen LogP contribution in [0.25, 0.3) is 0 Å². The van der Waals surface area contributed by atoms with E-state index in [0.29, 0.717) is 17.3 Å². The average molecular weight is 258 g/mol. The van der Waals surface area contributed by atoms with Gasteiger partial charge in [-0.2, -0.15) is 0 Å². The molecule has 1 aliphatic carbocycles. The van der Waals surface area contributed by atoms with E-state index in [1.54, 1.807) is 0 Å². The van der Waals surface area contributed by atoms with Gasteiger partial charge >= 0.3 is 7.60 Å². The number of ether oxygens (including phenoxy) is 1. The van der Waals surface area contributed by atoms with Gasteiger partial charge in [0.05, 0.1) is 0 Å². The molecule has 0 saturated carbocycles. The number of hydrogen-bond acceptors (Lipinski definition) is 4. The van der Waals surface area contributed by atoms with Crippen LogP contribution < -0.4 is 0 Å². The fourth-order valence-electron chi connectivity index (χ4n) is 2.45. The third-order valence-corrected chi connectivity index (χ3v) is 5.26. The Labute approximate surface area is 102 Å².